The molecule has 0 fully saturated rings. The lowest BCUT2D eigenvalue weighted by Crippen LogP contribution is -2.30. The van der Waals surface area contributed by atoms with Gasteiger partial charge in [0.05, 0.1) is 23.7 Å². The molecular formula is C22H23ClFNO5. The molecule has 6 nitrogen and oxygen atoms in total. The first-order valence-electron chi connectivity index (χ1n) is 9.51. The number of anilines is 1. The van der Waals surface area contributed by atoms with E-state index in [1.807, 2.05) is 6.92 Å². The minimum Gasteiger partial charge on any atom is -0.494 e. The number of amides is 1. The van der Waals surface area contributed by atoms with Crippen LogP contribution in [0, 0.1) is 5.82 Å². The molecule has 0 aliphatic carbocycles. The Morgan fingerprint density at radius 1 is 1.10 bits per heavy atom. The van der Waals surface area contributed by atoms with E-state index in [-0.39, 0.29) is 29.3 Å². The van der Waals surface area contributed by atoms with Crippen molar-refractivity contribution in [3.8, 4) is 5.75 Å². The zero-order chi connectivity index (χ0) is 22.1. The maximum absolute atomic E-state index is 13.1. The molecule has 0 radical (unpaired) electrons. The monoisotopic (exact) mass is 435 g/mol. The largest absolute Gasteiger partial charge is 0.494 e. The van der Waals surface area contributed by atoms with E-state index in [0.717, 1.165) is 18.6 Å². The van der Waals surface area contributed by atoms with E-state index < -0.39 is 23.8 Å². The fourth-order valence-corrected chi connectivity index (χ4v) is 2.67. The van der Waals surface area contributed by atoms with Crippen LogP contribution in [0.4, 0.5) is 10.1 Å². The molecule has 160 valence electrons. The van der Waals surface area contributed by atoms with Crippen LogP contribution < -0.4 is 10.1 Å². The summed E-state index contributed by atoms with van der Waals surface area (Å²) in [4.78, 5) is 36.3. The standard InChI is InChI=1S/C22H23ClFNO5/c1-3-12-29-17-7-4-15(5-8-17)20(26)10-11-21(27)30-14(2)22(28)25-19-9-6-16(24)13-18(19)23/h4-9,13-14H,3,10-12H2,1-2H3,(H,25,28). The van der Waals surface area contributed by atoms with Crippen LogP contribution in [0.3, 0.4) is 0 Å². The third-order valence-corrected chi connectivity index (χ3v) is 4.38. The van der Waals surface area contributed by atoms with Crippen LogP contribution in [0.1, 0.15) is 43.5 Å². The fraction of sp³-hybridized carbons (Fsp3) is 0.318. The molecule has 0 spiro atoms. The summed E-state index contributed by atoms with van der Waals surface area (Å²) in [7, 11) is 0. The molecule has 1 unspecified atom stereocenters. The molecule has 0 aliphatic heterocycles. The molecule has 2 aromatic carbocycles. The number of halogens is 2. The molecule has 0 saturated carbocycles. The summed E-state index contributed by atoms with van der Waals surface area (Å²) in [5, 5.41) is 2.49. The molecule has 2 aromatic rings. The molecule has 1 atom stereocenters. The lowest BCUT2D eigenvalue weighted by molar-refractivity contribution is -0.153. The quantitative estimate of drug-likeness (QED) is 0.428. The Labute approximate surface area is 179 Å². The third-order valence-electron chi connectivity index (χ3n) is 4.07. The first kappa shape index (κ1) is 23.3. The highest BCUT2D eigenvalue weighted by atomic mass is 35.5. The molecule has 0 saturated heterocycles. The zero-order valence-corrected chi connectivity index (χ0v) is 17.5. The van der Waals surface area contributed by atoms with Crippen molar-refractivity contribution in [3.05, 3.63) is 58.9 Å². The van der Waals surface area contributed by atoms with Crippen LogP contribution in [0.25, 0.3) is 0 Å². The van der Waals surface area contributed by atoms with Crippen molar-refractivity contribution in [3.63, 3.8) is 0 Å². The van der Waals surface area contributed by atoms with E-state index in [1.165, 1.54) is 13.0 Å². The number of rotatable bonds is 10. The summed E-state index contributed by atoms with van der Waals surface area (Å²) in [6, 6.07) is 10.2. The normalized spacial score (nSPS) is 11.5. The Bertz CT molecular complexity index is 901. The zero-order valence-electron chi connectivity index (χ0n) is 16.7. The number of benzene rings is 2. The minimum absolute atomic E-state index is 0.0265. The molecule has 0 bridgehead atoms. The molecular weight excluding hydrogens is 413 g/mol. The summed E-state index contributed by atoms with van der Waals surface area (Å²) >= 11 is 5.85. The smallest absolute Gasteiger partial charge is 0.307 e. The van der Waals surface area contributed by atoms with Gasteiger partial charge < -0.3 is 14.8 Å². The minimum atomic E-state index is -1.11. The number of ether oxygens (including phenoxy) is 2. The maximum atomic E-state index is 13.1. The van der Waals surface area contributed by atoms with Crippen LogP contribution >= 0.6 is 11.6 Å². The highest BCUT2D eigenvalue weighted by molar-refractivity contribution is 6.33. The highest BCUT2D eigenvalue weighted by Crippen LogP contribution is 2.22. The summed E-state index contributed by atoms with van der Waals surface area (Å²) in [5.74, 6) is -1.38. The van der Waals surface area contributed by atoms with E-state index in [1.54, 1.807) is 24.3 Å². The summed E-state index contributed by atoms with van der Waals surface area (Å²) < 4.78 is 23.6. The van der Waals surface area contributed by atoms with Crippen LogP contribution in [-0.4, -0.2) is 30.4 Å². The van der Waals surface area contributed by atoms with Gasteiger partial charge in [-0.1, -0.05) is 18.5 Å². The number of ketones is 1. The van der Waals surface area contributed by atoms with E-state index in [2.05, 4.69) is 5.32 Å². The Balaban J connectivity index is 1.80. The third kappa shape index (κ3) is 7.15. The van der Waals surface area contributed by atoms with Crippen molar-refractivity contribution < 1.29 is 28.2 Å². The number of esters is 1. The summed E-state index contributed by atoms with van der Waals surface area (Å²) in [5.41, 5.74) is 0.663. The van der Waals surface area contributed by atoms with Crippen molar-refractivity contribution in [2.24, 2.45) is 0 Å². The van der Waals surface area contributed by atoms with Gasteiger partial charge in [0.25, 0.3) is 5.91 Å². The van der Waals surface area contributed by atoms with Crippen LogP contribution in [0.15, 0.2) is 42.5 Å². The number of carbonyl (C=O) groups excluding carboxylic acids is 3. The summed E-state index contributed by atoms with van der Waals surface area (Å²) in [6.45, 7) is 3.99. The molecule has 0 aromatic heterocycles. The van der Waals surface area contributed by atoms with Crippen LogP contribution in [0.5, 0.6) is 5.75 Å². The van der Waals surface area contributed by atoms with E-state index in [0.29, 0.717) is 17.9 Å². The number of nitrogens with one attached hydrogen (secondary N) is 1. The van der Waals surface area contributed by atoms with Crippen molar-refractivity contribution in [2.45, 2.75) is 39.2 Å². The Morgan fingerprint density at radius 2 is 1.80 bits per heavy atom. The number of hydrogen-bond acceptors (Lipinski definition) is 5. The lowest BCUT2D eigenvalue weighted by atomic mass is 10.1. The molecule has 2 rings (SSSR count). The average Bonchev–Trinajstić information content (AvgIpc) is 2.72. The lowest BCUT2D eigenvalue weighted by Gasteiger charge is -2.14. The predicted molar refractivity (Wildman–Crippen MR) is 111 cm³/mol. The number of carbonyl (C=O) groups is 3. The van der Waals surface area contributed by atoms with Crippen molar-refractivity contribution in [2.75, 3.05) is 11.9 Å². The second-order valence-electron chi connectivity index (χ2n) is 6.54. The second kappa shape index (κ2) is 11.3. The fourth-order valence-electron chi connectivity index (χ4n) is 2.45. The van der Waals surface area contributed by atoms with Gasteiger partial charge in [0, 0.05) is 12.0 Å². The Kier molecular flexibility index (Phi) is 8.80. The molecule has 1 N–H and O–H groups in total. The SMILES string of the molecule is CCCOc1ccc(C(=O)CCC(=O)OC(C)C(=O)Nc2ccc(F)cc2Cl)cc1. The molecule has 30 heavy (non-hydrogen) atoms. The van der Waals surface area contributed by atoms with Gasteiger partial charge in [0.15, 0.2) is 11.9 Å². The Morgan fingerprint density at radius 3 is 2.43 bits per heavy atom. The second-order valence-corrected chi connectivity index (χ2v) is 6.95. The van der Waals surface area contributed by atoms with E-state index in [9.17, 15) is 18.8 Å². The van der Waals surface area contributed by atoms with Gasteiger partial charge in [-0.3, -0.25) is 14.4 Å². The van der Waals surface area contributed by atoms with E-state index >= 15 is 0 Å². The summed E-state index contributed by atoms with van der Waals surface area (Å²) in [6.07, 6.45) is -0.437. The predicted octanol–water partition coefficient (Wildman–Crippen LogP) is 4.80. The van der Waals surface area contributed by atoms with Crippen molar-refractivity contribution in [1.29, 1.82) is 0 Å². The highest BCUT2D eigenvalue weighted by Gasteiger charge is 2.20. The van der Waals surface area contributed by atoms with Gasteiger partial charge in [-0.05, 0) is 55.8 Å². The average molecular weight is 436 g/mol. The topological polar surface area (TPSA) is 81.7 Å². The van der Waals surface area contributed by atoms with Crippen molar-refractivity contribution in [1.82, 2.24) is 0 Å². The van der Waals surface area contributed by atoms with Gasteiger partial charge in [0.1, 0.15) is 11.6 Å². The first-order valence-corrected chi connectivity index (χ1v) is 9.89. The Hall–Kier alpha value is -2.93. The van der Waals surface area contributed by atoms with Crippen LogP contribution in [0.2, 0.25) is 5.02 Å². The van der Waals surface area contributed by atoms with Gasteiger partial charge in [-0.2, -0.15) is 0 Å². The molecule has 1 amide bonds. The first-order chi connectivity index (χ1) is 14.3. The molecule has 0 heterocycles. The maximum Gasteiger partial charge on any atom is 0.307 e. The van der Waals surface area contributed by atoms with E-state index in [4.69, 9.17) is 21.1 Å². The number of hydrogen-bond donors (Lipinski definition) is 1. The van der Waals surface area contributed by atoms with Gasteiger partial charge in [0.2, 0.25) is 0 Å². The van der Waals surface area contributed by atoms with Crippen molar-refractivity contribution >= 4 is 34.9 Å². The number of Topliss-reactive ketones (excluding diaryl/α,β-unsaturated/α-hetero) is 1. The van der Waals surface area contributed by atoms with Crippen LogP contribution in [-0.2, 0) is 14.3 Å². The van der Waals surface area contributed by atoms with Gasteiger partial charge >= 0.3 is 5.97 Å². The van der Waals surface area contributed by atoms with Gasteiger partial charge in [-0.15, -0.1) is 0 Å². The van der Waals surface area contributed by atoms with Gasteiger partial charge in [-0.25, -0.2) is 4.39 Å². The molecule has 0 aliphatic rings. The molecule has 8 heteroatoms.